The van der Waals surface area contributed by atoms with Gasteiger partial charge < -0.3 is 34.5 Å². The van der Waals surface area contributed by atoms with E-state index in [-0.39, 0.29) is 11.9 Å². The third kappa shape index (κ3) is 4.92. The first kappa shape index (κ1) is 23.7. The lowest BCUT2D eigenvalue weighted by Crippen LogP contribution is -2.38. The highest BCUT2D eigenvalue weighted by Gasteiger charge is 2.32. The fourth-order valence-corrected chi connectivity index (χ4v) is 4.02. The van der Waals surface area contributed by atoms with Crippen molar-refractivity contribution in [2.75, 3.05) is 55.1 Å². The molecule has 1 aliphatic heterocycles. The number of nitrogens with two attached hydrogens (primary N) is 1. The molecule has 174 valence electrons. The van der Waals surface area contributed by atoms with Gasteiger partial charge in [-0.25, -0.2) is 0 Å². The molecule has 1 amide bonds. The average molecular weight is 444 g/mol. The summed E-state index contributed by atoms with van der Waals surface area (Å²) in [5.41, 5.74) is 7.11. The third-order valence-electron chi connectivity index (χ3n) is 5.82. The first-order valence-electron chi connectivity index (χ1n) is 10.7. The fourth-order valence-electron chi connectivity index (χ4n) is 4.02. The lowest BCUT2D eigenvalue weighted by atomic mass is 10.1. The summed E-state index contributed by atoms with van der Waals surface area (Å²) in [6, 6.07) is 9.44. The quantitative estimate of drug-likeness (QED) is 0.638. The zero-order valence-electron chi connectivity index (χ0n) is 19.5. The smallest absolute Gasteiger partial charge is 0.257 e. The second kappa shape index (κ2) is 10.6. The van der Waals surface area contributed by atoms with Crippen LogP contribution in [0.25, 0.3) is 0 Å². The molecule has 3 rings (SSSR count). The number of likely N-dealkylation sites (tertiary alicyclic amines) is 1. The molecule has 32 heavy (non-hydrogen) atoms. The summed E-state index contributed by atoms with van der Waals surface area (Å²) >= 11 is 0. The minimum absolute atomic E-state index is 0.129. The van der Waals surface area contributed by atoms with Gasteiger partial charge in [-0.1, -0.05) is 12.1 Å². The number of methoxy groups -OCH3 is 3. The maximum absolute atomic E-state index is 13.5. The van der Waals surface area contributed by atoms with Crippen LogP contribution in [-0.2, 0) is 6.42 Å². The number of amides is 1. The number of ether oxygens (including phenoxy) is 4. The zero-order chi connectivity index (χ0) is 23.3. The van der Waals surface area contributed by atoms with Gasteiger partial charge in [-0.15, -0.1) is 0 Å². The van der Waals surface area contributed by atoms with Crippen molar-refractivity contribution in [3.63, 3.8) is 0 Å². The van der Waals surface area contributed by atoms with Crippen molar-refractivity contribution in [3.05, 3.63) is 41.5 Å². The van der Waals surface area contributed by atoms with E-state index in [0.717, 1.165) is 31.5 Å². The number of likely N-dealkylation sites (N-methyl/N-ethyl adjacent to an activating group) is 2. The van der Waals surface area contributed by atoms with Crippen molar-refractivity contribution in [1.82, 2.24) is 9.80 Å². The maximum atomic E-state index is 13.5. The van der Waals surface area contributed by atoms with Crippen LogP contribution in [-0.4, -0.2) is 76.8 Å². The lowest BCUT2D eigenvalue weighted by Gasteiger charge is -2.26. The van der Waals surface area contributed by atoms with E-state index in [1.807, 2.05) is 31.3 Å². The van der Waals surface area contributed by atoms with Crippen LogP contribution in [0.5, 0.6) is 28.7 Å². The molecular formula is C24H33N3O5. The van der Waals surface area contributed by atoms with E-state index in [0.29, 0.717) is 40.9 Å². The molecule has 0 aliphatic carbocycles. The SMILES string of the molecule is COc1c(Oc2ccc(CCN)cc2)cc(C(=O)N(C)C2CCN(C)C2)c(OC)c1OC. The van der Waals surface area contributed by atoms with Crippen molar-refractivity contribution in [1.29, 1.82) is 0 Å². The van der Waals surface area contributed by atoms with Gasteiger partial charge in [-0.2, -0.15) is 0 Å². The lowest BCUT2D eigenvalue weighted by molar-refractivity contribution is 0.0733. The first-order valence-corrected chi connectivity index (χ1v) is 10.7. The van der Waals surface area contributed by atoms with E-state index in [1.165, 1.54) is 21.3 Å². The van der Waals surface area contributed by atoms with Gasteiger partial charge in [-0.3, -0.25) is 4.79 Å². The van der Waals surface area contributed by atoms with Crippen molar-refractivity contribution < 1.29 is 23.7 Å². The Morgan fingerprint density at radius 2 is 1.75 bits per heavy atom. The molecule has 0 spiro atoms. The number of carbonyl (C=O) groups is 1. The zero-order valence-corrected chi connectivity index (χ0v) is 19.5. The molecule has 2 aromatic rings. The molecule has 8 heteroatoms. The second-order valence-corrected chi connectivity index (χ2v) is 7.93. The van der Waals surface area contributed by atoms with E-state index < -0.39 is 0 Å². The Morgan fingerprint density at radius 3 is 2.28 bits per heavy atom. The molecule has 0 aromatic heterocycles. The summed E-state index contributed by atoms with van der Waals surface area (Å²) in [7, 11) is 8.42. The van der Waals surface area contributed by atoms with Crippen LogP contribution in [0.1, 0.15) is 22.3 Å². The number of carbonyl (C=O) groups excluding carboxylic acids is 1. The Hall–Kier alpha value is -2.97. The number of hydrogen-bond acceptors (Lipinski definition) is 7. The van der Waals surface area contributed by atoms with E-state index in [2.05, 4.69) is 11.9 Å². The molecule has 8 nitrogen and oxygen atoms in total. The van der Waals surface area contributed by atoms with Gasteiger partial charge in [0.05, 0.1) is 26.9 Å². The van der Waals surface area contributed by atoms with Crippen LogP contribution in [0.15, 0.2) is 30.3 Å². The average Bonchev–Trinajstić information content (AvgIpc) is 3.24. The summed E-state index contributed by atoms with van der Waals surface area (Å²) in [5.74, 6) is 1.81. The molecule has 1 unspecified atom stereocenters. The molecule has 1 heterocycles. The highest BCUT2D eigenvalue weighted by atomic mass is 16.5. The number of nitrogens with zero attached hydrogens (tertiary/aromatic N) is 2. The van der Waals surface area contributed by atoms with Gasteiger partial charge in [0.25, 0.3) is 5.91 Å². The molecular weight excluding hydrogens is 410 g/mol. The molecule has 0 saturated carbocycles. The van der Waals surface area contributed by atoms with Gasteiger partial charge in [-0.05, 0) is 50.7 Å². The molecule has 1 fully saturated rings. The van der Waals surface area contributed by atoms with Crippen LogP contribution < -0.4 is 24.7 Å². The summed E-state index contributed by atoms with van der Waals surface area (Å²) in [6.45, 7) is 2.37. The Kier molecular flexibility index (Phi) is 7.82. The van der Waals surface area contributed by atoms with Crippen LogP contribution in [0, 0.1) is 0 Å². The maximum Gasteiger partial charge on any atom is 0.257 e. The highest BCUT2D eigenvalue weighted by molar-refractivity contribution is 5.99. The van der Waals surface area contributed by atoms with Crippen LogP contribution in [0.3, 0.4) is 0 Å². The molecule has 1 atom stereocenters. The summed E-state index contributed by atoms with van der Waals surface area (Å²) < 4.78 is 22.9. The molecule has 1 aliphatic rings. The molecule has 2 N–H and O–H groups in total. The second-order valence-electron chi connectivity index (χ2n) is 7.93. The van der Waals surface area contributed by atoms with E-state index in [9.17, 15) is 4.79 Å². The molecule has 1 saturated heterocycles. The van der Waals surface area contributed by atoms with E-state index in [4.69, 9.17) is 24.7 Å². The normalized spacial score (nSPS) is 16.0. The van der Waals surface area contributed by atoms with Gasteiger partial charge in [0.2, 0.25) is 11.5 Å². The van der Waals surface area contributed by atoms with Crippen molar-refractivity contribution in [2.24, 2.45) is 5.73 Å². The highest BCUT2D eigenvalue weighted by Crippen LogP contribution is 2.48. The number of rotatable bonds is 9. The first-order chi connectivity index (χ1) is 15.4. The van der Waals surface area contributed by atoms with E-state index in [1.54, 1.807) is 11.0 Å². The summed E-state index contributed by atoms with van der Waals surface area (Å²) in [5, 5.41) is 0. The van der Waals surface area contributed by atoms with Gasteiger partial charge in [0, 0.05) is 25.7 Å². The summed E-state index contributed by atoms with van der Waals surface area (Å²) in [6.07, 6.45) is 1.72. The van der Waals surface area contributed by atoms with E-state index >= 15 is 0 Å². The number of benzene rings is 2. The summed E-state index contributed by atoms with van der Waals surface area (Å²) in [4.78, 5) is 17.4. The Bertz CT molecular complexity index is 932. The van der Waals surface area contributed by atoms with Crippen LogP contribution in [0.2, 0.25) is 0 Å². The van der Waals surface area contributed by atoms with Crippen molar-refractivity contribution >= 4 is 5.91 Å². The predicted octanol–water partition coefficient (Wildman–Crippen LogP) is 2.78. The van der Waals surface area contributed by atoms with Crippen LogP contribution >= 0.6 is 0 Å². The number of hydrogen-bond donors (Lipinski definition) is 1. The van der Waals surface area contributed by atoms with Gasteiger partial charge in [0.15, 0.2) is 11.5 Å². The largest absolute Gasteiger partial charge is 0.492 e. The molecule has 2 aromatic carbocycles. The Balaban J connectivity index is 2.00. The van der Waals surface area contributed by atoms with Crippen LogP contribution in [0.4, 0.5) is 0 Å². The van der Waals surface area contributed by atoms with Gasteiger partial charge >= 0.3 is 0 Å². The minimum atomic E-state index is -0.161. The monoisotopic (exact) mass is 443 g/mol. The Labute approximate surface area is 189 Å². The topological polar surface area (TPSA) is 86.5 Å². The Morgan fingerprint density at radius 1 is 1.09 bits per heavy atom. The van der Waals surface area contributed by atoms with Crippen molar-refractivity contribution in [3.8, 4) is 28.7 Å². The van der Waals surface area contributed by atoms with Gasteiger partial charge in [0.1, 0.15) is 5.75 Å². The standard InChI is InChI=1S/C24H33N3O5/c1-26-13-11-17(15-26)27(2)24(28)19-14-20(22(30-4)23(31-5)21(19)29-3)32-18-8-6-16(7-9-18)10-12-25/h6-9,14,17H,10-13,15,25H2,1-5H3. The van der Waals surface area contributed by atoms with Crippen molar-refractivity contribution in [2.45, 2.75) is 18.9 Å². The molecule has 0 radical (unpaired) electrons. The molecule has 0 bridgehead atoms. The minimum Gasteiger partial charge on any atom is -0.492 e. The fraction of sp³-hybridized carbons (Fsp3) is 0.458. The predicted molar refractivity (Wildman–Crippen MR) is 123 cm³/mol. The third-order valence-corrected chi connectivity index (χ3v) is 5.82.